The third-order valence-electron chi connectivity index (χ3n) is 4.45. The van der Waals surface area contributed by atoms with Gasteiger partial charge in [0.2, 0.25) is 5.60 Å². The van der Waals surface area contributed by atoms with Crippen LogP contribution in [0.3, 0.4) is 0 Å². The van der Waals surface area contributed by atoms with Crippen molar-refractivity contribution in [2.45, 2.75) is 37.4 Å². The molecule has 0 radical (unpaired) electrons. The van der Waals surface area contributed by atoms with Gasteiger partial charge in [-0.3, -0.25) is 0 Å². The van der Waals surface area contributed by atoms with Crippen molar-refractivity contribution < 1.29 is 36.6 Å². The van der Waals surface area contributed by atoms with Crippen molar-refractivity contribution in [3.05, 3.63) is 58.1 Å². The molecule has 1 heterocycles. The topological polar surface area (TPSA) is 68.4 Å². The van der Waals surface area contributed by atoms with E-state index in [9.17, 15) is 27.2 Å². The number of esters is 2. The summed E-state index contributed by atoms with van der Waals surface area (Å²) in [4.78, 5) is 27.0. The van der Waals surface area contributed by atoms with E-state index in [0.29, 0.717) is 0 Å². The van der Waals surface area contributed by atoms with Crippen LogP contribution in [0.2, 0.25) is 5.02 Å². The van der Waals surface area contributed by atoms with Gasteiger partial charge in [-0.05, 0) is 26.0 Å². The maximum Gasteiger partial charge on any atom is 0.431 e. The van der Waals surface area contributed by atoms with Crippen LogP contribution in [0.4, 0.5) is 17.6 Å². The van der Waals surface area contributed by atoms with E-state index in [1.807, 2.05) is 0 Å². The number of carbonyl (C=O) groups is 2. The number of aromatic nitrogens is 1. The van der Waals surface area contributed by atoms with Gasteiger partial charge in [0.15, 0.2) is 0 Å². The Morgan fingerprint density at radius 3 is 2.33 bits per heavy atom. The molecule has 12 heteroatoms. The highest BCUT2D eigenvalue weighted by Crippen LogP contribution is 2.42. The molecule has 0 saturated heterocycles. The number of benzene rings is 1. The smallest absolute Gasteiger partial charge is 0.431 e. The minimum absolute atomic E-state index is 0.126. The van der Waals surface area contributed by atoms with E-state index in [1.54, 1.807) is 0 Å². The second kappa shape index (κ2) is 10.4. The quantitative estimate of drug-likeness (QED) is 0.180. The number of aromatic amines is 1. The normalized spacial score (nSPS) is 11.9. The molecule has 33 heavy (non-hydrogen) atoms. The van der Waals surface area contributed by atoms with Gasteiger partial charge in [0.25, 0.3) is 0 Å². The summed E-state index contributed by atoms with van der Waals surface area (Å²) in [7, 11) is 0. The Kier molecular flexibility index (Phi) is 8.48. The van der Waals surface area contributed by atoms with Crippen LogP contribution in [0.15, 0.2) is 24.8 Å². The molecule has 1 aromatic heterocycles. The molecule has 0 unspecified atom stereocenters. The maximum atomic E-state index is 14.8. The molecule has 0 aliphatic carbocycles. The molecule has 5 nitrogen and oxygen atoms in total. The fourth-order valence-corrected chi connectivity index (χ4v) is 3.63. The average Bonchev–Trinajstić information content (AvgIpc) is 3.10. The molecule has 0 atom stereocenters. The number of H-pyrrole nitrogens is 1. The third kappa shape index (κ3) is 5.83. The van der Waals surface area contributed by atoms with E-state index in [-0.39, 0.29) is 22.9 Å². The lowest BCUT2D eigenvalue weighted by atomic mass is 9.98. The van der Waals surface area contributed by atoms with E-state index >= 15 is 0 Å². The van der Waals surface area contributed by atoms with Crippen molar-refractivity contribution in [2.75, 3.05) is 6.61 Å². The Labute approximate surface area is 201 Å². The first kappa shape index (κ1) is 27.0. The Morgan fingerprint density at radius 1 is 1.18 bits per heavy atom. The lowest BCUT2D eigenvalue weighted by molar-refractivity contribution is -0.161. The Bertz CT molecular complexity index is 1080. The van der Waals surface area contributed by atoms with E-state index < -0.39 is 63.7 Å². The van der Waals surface area contributed by atoms with Crippen LogP contribution in [-0.4, -0.2) is 29.1 Å². The van der Waals surface area contributed by atoms with Crippen LogP contribution < -0.4 is 0 Å². The molecular weight excluding hydrogens is 513 g/mol. The summed E-state index contributed by atoms with van der Waals surface area (Å²) in [6.07, 6.45) is -3.50. The van der Waals surface area contributed by atoms with Gasteiger partial charge in [0.05, 0.1) is 22.3 Å². The van der Waals surface area contributed by atoms with Crippen LogP contribution in [-0.2, 0) is 32.2 Å². The second-order valence-corrected chi connectivity index (χ2v) is 8.14. The molecule has 0 bridgehead atoms. The zero-order valence-corrected chi connectivity index (χ0v) is 19.6. The largest absolute Gasteiger partial charge is 0.459 e. The predicted molar refractivity (Wildman–Crippen MR) is 116 cm³/mol. The summed E-state index contributed by atoms with van der Waals surface area (Å²) in [5.41, 5.74) is -4.60. The number of hydrogen-bond acceptors (Lipinski definition) is 4. The fourth-order valence-electron chi connectivity index (χ4n) is 2.93. The Balaban J connectivity index is 2.59. The first-order chi connectivity index (χ1) is 15.3. The molecule has 0 aliphatic rings. The third-order valence-corrected chi connectivity index (χ3v) is 5.30. The number of alkyl halides is 5. The molecule has 2 rings (SSSR count). The average molecular weight is 531 g/mol. The van der Waals surface area contributed by atoms with Crippen molar-refractivity contribution in [1.29, 1.82) is 0 Å². The van der Waals surface area contributed by atoms with Gasteiger partial charge >= 0.3 is 18.1 Å². The first-order valence-corrected chi connectivity index (χ1v) is 10.7. The lowest BCUT2D eigenvalue weighted by Crippen LogP contribution is -2.39. The van der Waals surface area contributed by atoms with Gasteiger partial charge in [-0.1, -0.05) is 24.3 Å². The minimum atomic E-state index is -4.82. The highest BCUT2D eigenvalue weighted by atomic mass is 35.5. The molecule has 0 fully saturated rings. The van der Waals surface area contributed by atoms with Crippen LogP contribution in [0.5, 0.6) is 0 Å². The zero-order valence-electron chi connectivity index (χ0n) is 17.3. The van der Waals surface area contributed by atoms with Gasteiger partial charge < -0.3 is 14.5 Å². The van der Waals surface area contributed by atoms with Crippen molar-refractivity contribution in [3.8, 4) is 11.1 Å². The molecule has 0 spiro atoms. The molecule has 0 aliphatic heterocycles. The molecule has 0 amide bonds. The molecular formula is C21H18Cl3F4NO4. The van der Waals surface area contributed by atoms with E-state index in [0.717, 1.165) is 12.1 Å². The predicted octanol–water partition coefficient (Wildman–Crippen LogP) is 6.64. The summed E-state index contributed by atoms with van der Waals surface area (Å²) >= 11 is 17.5. The van der Waals surface area contributed by atoms with Crippen molar-refractivity contribution in [2.24, 2.45) is 0 Å². The number of carbonyl (C=O) groups excluding carboxylic acids is 2. The standard InChI is InChI=1S/C21H18Cl3F4NO4/c1-4-5-32-19(31)20(2,3)33-18(30)10-6-11(14(25)7-13(10)24)16-12(8-22)17(21(26,27)28)29-15(16)9-23/h4,6-7,29H,1,5,8-9H2,2-3H3. The van der Waals surface area contributed by atoms with Gasteiger partial charge in [-0.25, -0.2) is 14.0 Å². The van der Waals surface area contributed by atoms with E-state index in [2.05, 4.69) is 11.6 Å². The van der Waals surface area contributed by atoms with Crippen LogP contribution in [0.25, 0.3) is 11.1 Å². The van der Waals surface area contributed by atoms with Crippen LogP contribution in [0, 0.1) is 5.82 Å². The van der Waals surface area contributed by atoms with Gasteiger partial charge in [-0.15, -0.1) is 23.2 Å². The van der Waals surface area contributed by atoms with Gasteiger partial charge in [0.1, 0.15) is 18.1 Å². The summed E-state index contributed by atoms with van der Waals surface area (Å²) < 4.78 is 65.2. The first-order valence-electron chi connectivity index (χ1n) is 9.22. The van der Waals surface area contributed by atoms with E-state index in [4.69, 9.17) is 44.3 Å². The number of rotatable bonds is 8. The van der Waals surface area contributed by atoms with Crippen LogP contribution in [0.1, 0.15) is 41.2 Å². The highest BCUT2D eigenvalue weighted by molar-refractivity contribution is 6.33. The lowest BCUT2D eigenvalue weighted by Gasteiger charge is -2.23. The summed E-state index contributed by atoms with van der Waals surface area (Å²) in [5, 5.41) is -0.386. The fraction of sp³-hybridized carbons (Fsp3) is 0.333. The zero-order chi connectivity index (χ0) is 25.1. The molecule has 2 aromatic rings. The van der Waals surface area contributed by atoms with Crippen molar-refractivity contribution >= 4 is 46.7 Å². The van der Waals surface area contributed by atoms with Crippen molar-refractivity contribution in [3.63, 3.8) is 0 Å². The van der Waals surface area contributed by atoms with Crippen molar-refractivity contribution in [1.82, 2.24) is 4.98 Å². The maximum absolute atomic E-state index is 14.8. The number of halogens is 7. The second-order valence-electron chi connectivity index (χ2n) is 7.20. The highest BCUT2D eigenvalue weighted by Gasteiger charge is 2.39. The Hall–Kier alpha value is -2.23. The van der Waals surface area contributed by atoms with Gasteiger partial charge in [-0.2, -0.15) is 13.2 Å². The Morgan fingerprint density at radius 2 is 1.82 bits per heavy atom. The SMILES string of the molecule is C=CCOC(=O)C(C)(C)OC(=O)c1cc(-c2c(CCl)[nH]c(C(F)(F)F)c2CCl)c(F)cc1Cl. The number of ether oxygens (including phenoxy) is 2. The summed E-state index contributed by atoms with van der Waals surface area (Å²) in [6.45, 7) is 5.79. The minimum Gasteiger partial charge on any atom is -0.459 e. The van der Waals surface area contributed by atoms with Gasteiger partial charge in [0, 0.05) is 22.4 Å². The monoisotopic (exact) mass is 529 g/mol. The van der Waals surface area contributed by atoms with Crippen LogP contribution >= 0.6 is 34.8 Å². The number of hydrogen-bond donors (Lipinski definition) is 1. The molecule has 1 aromatic carbocycles. The molecule has 0 saturated carbocycles. The summed E-state index contributed by atoms with van der Waals surface area (Å²) in [6, 6.07) is 1.66. The molecule has 1 N–H and O–H groups in total. The molecule has 180 valence electrons. The van der Waals surface area contributed by atoms with E-state index in [1.165, 1.54) is 19.9 Å². The number of nitrogens with one attached hydrogen (secondary N) is 1. The summed E-state index contributed by atoms with van der Waals surface area (Å²) in [5.74, 6) is -4.09.